The zero-order valence-electron chi connectivity index (χ0n) is 6.26. The minimum Gasteiger partial charge on any atom is -0.493 e. The fourth-order valence-electron chi connectivity index (χ4n) is 1.11. The molecule has 1 heteroatoms. The largest absolute Gasteiger partial charge is 0.493 e. The van der Waals surface area contributed by atoms with Crippen LogP contribution in [-0.2, 0) is 4.74 Å². The average Bonchev–Trinajstić information content (AvgIpc) is 2.30. The first kappa shape index (κ1) is 7.13. The maximum Gasteiger partial charge on any atom is 0.122 e. The molecule has 0 N–H and O–H groups in total. The van der Waals surface area contributed by atoms with E-state index in [-0.39, 0.29) is 0 Å². The Balaban J connectivity index is 2.91. The molecule has 0 aliphatic carbocycles. The molecule has 0 bridgehead atoms. The third kappa shape index (κ3) is 0.991. The van der Waals surface area contributed by atoms with Gasteiger partial charge >= 0.3 is 0 Å². The van der Waals surface area contributed by atoms with Gasteiger partial charge in [0.1, 0.15) is 5.76 Å². The summed E-state index contributed by atoms with van der Waals surface area (Å²) in [5, 5.41) is 0. The number of hydrogen-bond acceptors (Lipinski definition) is 1. The first-order chi connectivity index (χ1) is 4.79. The van der Waals surface area contributed by atoms with E-state index in [1.165, 1.54) is 5.57 Å². The Morgan fingerprint density at radius 2 is 2.20 bits per heavy atom. The van der Waals surface area contributed by atoms with Gasteiger partial charge in [-0.1, -0.05) is 26.2 Å². The van der Waals surface area contributed by atoms with Crippen molar-refractivity contribution in [3.8, 4) is 0 Å². The van der Waals surface area contributed by atoms with Crippen LogP contribution >= 0.6 is 0 Å². The topological polar surface area (TPSA) is 9.23 Å². The zero-order chi connectivity index (χ0) is 7.56. The first-order valence-corrected chi connectivity index (χ1v) is 3.41. The molecule has 1 aliphatic rings. The van der Waals surface area contributed by atoms with Crippen LogP contribution in [0.3, 0.4) is 0 Å². The van der Waals surface area contributed by atoms with Gasteiger partial charge in [0.25, 0.3) is 0 Å². The summed E-state index contributed by atoms with van der Waals surface area (Å²) in [6, 6.07) is 0. The Hall–Kier alpha value is -0.980. The smallest absolute Gasteiger partial charge is 0.122 e. The van der Waals surface area contributed by atoms with E-state index in [1.54, 1.807) is 6.08 Å². The molecule has 1 atom stereocenters. The standard InChI is InChI=1S/C9H12O/c1-4-8-7(3)6-10-9(8)5-2/h4-5,7H,1-2,6H2,3H3. The lowest BCUT2D eigenvalue weighted by Crippen LogP contribution is -1.94. The van der Waals surface area contributed by atoms with Crippen LogP contribution in [0.1, 0.15) is 6.92 Å². The molecule has 54 valence electrons. The lowest BCUT2D eigenvalue weighted by atomic mass is 10.0. The van der Waals surface area contributed by atoms with Gasteiger partial charge in [0, 0.05) is 5.92 Å². The van der Waals surface area contributed by atoms with Crippen LogP contribution in [0, 0.1) is 5.92 Å². The van der Waals surface area contributed by atoms with E-state index >= 15 is 0 Å². The van der Waals surface area contributed by atoms with Gasteiger partial charge < -0.3 is 4.74 Å². The molecule has 0 aromatic carbocycles. The summed E-state index contributed by atoms with van der Waals surface area (Å²) in [6.45, 7) is 10.2. The summed E-state index contributed by atoms with van der Waals surface area (Å²) < 4.78 is 5.31. The minimum atomic E-state index is 0.477. The highest BCUT2D eigenvalue weighted by Gasteiger charge is 2.18. The van der Waals surface area contributed by atoms with Crippen LogP contribution in [0.4, 0.5) is 0 Å². The highest BCUT2D eigenvalue weighted by atomic mass is 16.5. The Morgan fingerprint density at radius 3 is 2.60 bits per heavy atom. The van der Waals surface area contributed by atoms with Crippen molar-refractivity contribution in [3.05, 3.63) is 36.6 Å². The third-order valence-corrected chi connectivity index (χ3v) is 1.71. The zero-order valence-corrected chi connectivity index (χ0v) is 6.26. The molecule has 1 aliphatic heterocycles. The van der Waals surface area contributed by atoms with Crippen molar-refractivity contribution in [3.63, 3.8) is 0 Å². The summed E-state index contributed by atoms with van der Waals surface area (Å²) >= 11 is 0. The molecule has 0 fully saturated rings. The van der Waals surface area contributed by atoms with Crippen LogP contribution in [0.5, 0.6) is 0 Å². The number of ether oxygens (including phenoxy) is 1. The van der Waals surface area contributed by atoms with Crippen molar-refractivity contribution < 1.29 is 4.74 Å². The van der Waals surface area contributed by atoms with Gasteiger partial charge in [-0.3, -0.25) is 0 Å². The van der Waals surface area contributed by atoms with Gasteiger partial charge in [-0.05, 0) is 11.6 Å². The third-order valence-electron chi connectivity index (χ3n) is 1.71. The lowest BCUT2D eigenvalue weighted by Gasteiger charge is -1.97. The number of allylic oxidation sites excluding steroid dienone is 2. The molecule has 1 unspecified atom stereocenters. The summed E-state index contributed by atoms with van der Waals surface area (Å²) in [6.07, 6.45) is 3.58. The monoisotopic (exact) mass is 136 g/mol. The fourth-order valence-corrected chi connectivity index (χ4v) is 1.11. The molecule has 1 nitrogen and oxygen atoms in total. The van der Waals surface area contributed by atoms with Crippen molar-refractivity contribution in [2.24, 2.45) is 5.92 Å². The second-order valence-corrected chi connectivity index (χ2v) is 2.44. The van der Waals surface area contributed by atoms with E-state index in [2.05, 4.69) is 20.1 Å². The van der Waals surface area contributed by atoms with Crippen LogP contribution in [-0.4, -0.2) is 6.61 Å². The second kappa shape index (κ2) is 2.74. The first-order valence-electron chi connectivity index (χ1n) is 3.41. The van der Waals surface area contributed by atoms with Crippen LogP contribution in [0.25, 0.3) is 0 Å². The molecule has 0 radical (unpaired) electrons. The van der Waals surface area contributed by atoms with Crippen molar-refractivity contribution in [1.82, 2.24) is 0 Å². The predicted molar refractivity (Wildman–Crippen MR) is 42.5 cm³/mol. The van der Waals surface area contributed by atoms with E-state index in [0.29, 0.717) is 5.92 Å². The van der Waals surface area contributed by atoms with Crippen molar-refractivity contribution >= 4 is 0 Å². The van der Waals surface area contributed by atoms with E-state index in [1.807, 2.05) is 6.08 Å². The molecule has 1 heterocycles. The molecule has 0 saturated carbocycles. The normalized spacial score (nSPS) is 24.3. The summed E-state index contributed by atoms with van der Waals surface area (Å²) in [5.41, 5.74) is 1.18. The fraction of sp³-hybridized carbons (Fsp3) is 0.333. The Labute approximate surface area is 61.7 Å². The highest BCUT2D eigenvalue weighted by Crippen LogP contribution is 2.25. The van der Waals surface area contributed by atoms with Crippen molar-refractivity contribution in [2.45, 2.75) is 6.92 Å². The van der Waals surface area contributed by atoms with Gasteiger partial charge in [0.2, 0.25) is 0 Å². The van der Waals surface area contributed by atoms with Crippen LogP contribution < -0.4 is 0 Å². The van der Waals surface area contributed by atoms with E-state index in [9.17, 15) is 0 Å². The SMILES string of the molecule is C=CC1=C(C=C)C(C)CO1. The average molecular weight is 136 g/mol. The summed E-state index contributed by atoms with van der Waals surface area (Å²) in [4.78, 5) is 0. The molecule has 0 aromatic rings. The Kier molecular flexibility index (Phi) is 1.95. The quantitative estimate of drug-likeness (QED) is 0.566. The molecule has 10 heavy (non-hydrogen) atoms. The molecule has 0 aromatic heterocycles. The number of rotatable bonds is 2. The van der Waals surface area contributed by atoms with Crippen LogP contribution in [0.15, 0.2) is 36.6 Å². The van der Waals surface area contributed by atoms with Gasteiger partial charge in [-0.25, -0.2) is 0 Å². The van der Waals surface area contributed by atoms with Gasteiger partial charge in [0.05, 0.1) is 6.61 Å². The molecule has 0 spiro atoms. The molecule has 0 saturated heterocycles. The maximum absolute atomic E-state index is 5.31. The molecular weight excluding hydrogens is 124 g/mol. The lowest BCUT2D eigenvalue weighted by molar-refractivity contribution is 0.234. The minimum absolute atomic E-state index is 0.477. The Bertz CT molecular complexity index is 189. The van der Waals surface area contributed by atoms with E-state index < -0.39 is 0 Å². The Morgan fingerprint density at radius 1 is 1.50 bits per heavy atom. The summed E-state index contributed by atoms with van der Waals surface area (Å²) in [5.74, 6) is 1.37. The molecular formula is C9H12O. The van der Waals surface area contributed by atoms with Crippen molar-refractivity contribution in [2.75, 3.05) is 6.61 Å². The van der Waals surface area contributed by atoms with Crippen molar-refractivity contribution in [1.29, 1.82) is 0 Å². The van der Waals surface area contributed by atoms with E-state index in [4.69, 9.17) is 4.74 Å². The predicted octanol–water partition coefficient (Wildman–Crippen LogP) is 2.28. The van der Waals surface area contributed by atoms with Crippen LogP contribution in [0.2, 0.25) is 0 Å². The van der Waals surface area contributed by atoms with Gasteiger partial charge in [0.15, 0.2) is 0 Å². The van der Waals surface area contributed by atoms with E-state index in [0.717, 1.165) is 12.4 Å². The highest BCUT2D eigenvalue weighted by molar-refractivity contribution is 5.31. The molecule has 1 rings (SSSR count). The van der Waals surface area contributed by atoms with Gasteiger partial charge in [-0.15, -0.1) is 0 Å². The second-order valence-electron chi connectivity index (χ2n) is 2.44. The van der Waals surface area contributed by atoms with Gasteiger partial charge in [-0.2, -0.15) is 0 Å². The maximum atomic E-state index is 5.31. The molecule has 0 amide bonds. The number of hydrogen-bond donors (Lipinski definition) is 0. The summed E-state index contributed by atoms with van der Waals surface area (Å²) in [7, 11) is 0.